The van der Waals surface area contributed by atoms with Gasteiger partial charge in [-0.05, 0) is 31.4 Å². The van der Waals surface area contributed by atoms with Crippen LogP contribution < -0.4 is 5.32 Å². The number of nitro benzene ring substituents is 1. The number of non-ortho nitro benzene ring substituents is 1. The van der Waals surface area contributed by atoms with Gasteiger partial charge in [0.1, 0.15) is 0 Å². The van der Waals surface area contributed by atoms with Gasteiger partial charge in [0.15, 0.2) is 0 Å². The zero-order valence-corrected chi connectivity index (χ0v) is 9.77. The molecule has 1 fully saturated rings. The fourth-order valence-corrected chi connectivity index (χ4v) is 1.81. The normalized spacial score (nSPS) is 16.6. The molecule has 0 aliphatic heterocycles. The van der Waals surface area contributed by atoms with Crippen LogP contribution in [-0.4, -0.2) is 23.2 Å². The topological polar surface area (TPSA) is 75.4 Å². The van der Waals surface area contributed by atoms with Crippen molar-refractivity contribution in [3.63, 3.8) is 0 Å². The average molecular weight is 236 g/mol. The third-order valence-corrected chi connectivity index (χ3v) is 3.37. The number of nitro groups is 1. The molecule has 1 aromatic rings. The Morgan fingerprint density at radius 1 is 1.53 bits per heavy atom. The molecule has 92 valence electrons. The van der Waals surface area contributed by atoms with Gasteiger partial charge in [0.2, 0.25) is 0 Å². The van der Waals surface area contributed by atoms with Crippen molar-refractivity contribution in [2.45, 2.75) is 19.8 Å². The molecule has 5 nitrogen and oxygen atoms in total. The number of aryl methyl sites for hydroxylation is 1. The first kappa shape index (κ1) is 11.9. The molecule has 0 amide bonds. The number of hydrogen-bond acceptors (Lipinski definition) is 4. The fraction of sp³-hybridized carbons (Fsp3) is 0.500. The lowest BCUT2D eigenvalue weighted by atomic mass is 10.1. The van der Waals surface area contributed by atoms with Crippen molar-refractivity contribution in [2.24, 2.45) is 5.41 Å². The van der Waals surface area contributed by atoms with E-state index in [0.717, 1.165) is 30.6 Å². The van der Waals surface area contributed by atoms with E-state index < -0.39 is 4.92 Å². The van der Waals surface area contributed by atoms with E-state index in [0.29, 0.717) is 0 Å². The zero-order chi connectivity index (χ0) is 12.5. The molecule has 0 unspecified atom stereocenters. The minimum atomic E-state index is -0.396. The van der Waals surface area contributed by atoms with E-state index in [1.807, 2.05) is 6.92 Å². The molecule has 0 radical (unpaired) electrons. The van der Waals surface area contributed by atoms with Crippen LogP contribution in [0.25, 0.3) is 0 Å². The van der Waals surface area contributed by atoms with Crippen LogP contribution >= 0.6 is 0 Å². The van der Waals surface area contributed by atoms with Gasteiger partial charge >= 0.3 is 0 Å². The first-order valence-corrected chi connectivity index (χ1v) is 5.66. The summed E-state index contributed by atoms with van der Waals surface area (Å²) in [4.78, 5) is 10.2. The Morgan fingerprint density at radius 3 is 2.71 bits per heavy atom. The highest BCUT2D eigenvalue weighted by Crippen LogP contribution is 2.45. The van der Waals surface area contributed by atoms with E-state index in [9.17, 15) is 15.2 Å². The molecule has 0 bridgehead atoms. The second-order valence-corrected chi connectivity index (χ2v) is 4.77. The lowest BCUT2D eigenvalue weighted by molar-refractivity contribution is -0.384. The number of rotatable bonds is 5. The van der Waals surface area contributed by atoms with E-state index >= 15 is 0 Å². The summed E-state index contributed by atoms with van der Waals surface area (Å²) in [7, 11) is 0. The first-order valence-electron chi connectivity index (χ1n) is 5.66. The monoisotopic (exact) mass is 236 g/mol. The van der Waals surface area contributed by atoms with E-state index in [2.05, 4.69) is 5.32 Å². The van der Waals surface area contributed by atoms with Crippen LogP contribution in [-0.2, 0) is 0 Å². The Hall–Kier alpha value is -1.62. The Balaban J connectivity index is 2.04. The molecule has 2 N–H and O–H groups in total. The summed E-state index contributed by atoms with van der Waals surface area (Å²) >= 11 is 0. The molecule has 0 aromatic heterocycles. The number of anilines is 1. The maximum atomic E-state index is 10.6. The molecule has 1 saturated carbocycles. The number of nitrogens with one attached hydrogen (secondary N) is 1. The van der Waals surface area contributed by atoms with Crippen LogP contribution in [0.2, 0.25) is 0 Å². The van der Waals surface area contributed by atoms with Crippen molar-refractivity contribution >= 4 is 11.4 Å². The summed E-state index contributed by atoms with van der Waals surface area (Å²) in [6.07, 6.45) is 2.09. The van der Waals surface area contributed by atoms with Crippen molar-refractivity contribution in [3.8, 4) is 0 Å². The van der Waals surface area contributed by atoms with Crippen molar-refractivity contribution in [2.75, 3.05) is 18.5 Å². The SMILES string of the molecule is Cc1cc([N+](=O)[O-])ccc1NCC1(CO)CC1. The van der Waals surface area contributed by atoms with Gasteiger partial charge < -0.3 is 10.4 Å². The summed E-state index contributed by atoms with van der Waals surface area (Å²) in [6.45, 7) is 2.77. The van der Waals surface area contributed by atoms with Crippen molar-refractivity contribution in [1.29, 1.82) is 0 Å². The quantitative estimate of drug-likeness (QED) is 0.606. The summed E-state index contributed by atoms with van der Waals surface area (Å²) in [6, 6.07) is 4.77. The Bertz CT molecular complexity index is 441. The van der Waals surface area contributed by atoms with Gasteiger partial charge in [0.25, 0.3) is 5.69 Å². The maximum Gasteiger partial charge on any atom is 0.269 e. The van der Waals surface area contributed by atoms with Crippen molar-refractivity contribution < 1.29 is 10.0 Å². The van der Waals surface area contributed by atoms with E-state index in [1.54, 1.807) is 12.1 Å². The summed E-state index contributed by atoms with van der Waals surface area (Å²) < 4.78 is 0. The van der Waals surface area contributed by atoms with E-state index in [1.165, 1.54) is 6.07 Å². The highest BCUT2D eigenvalue weighted by Gasteiger charge is 2.41. The van der Waals surface area contributed by atoms with Gasteiger partial charge in [-0.3, -0.25) is 10.1 Å². The van der Waals surface area contributed by atoms with Crippen LogP contribution in [0.15, 0.2) is 18.2 Å². The molecule has 1 aromatic carbocycles. The summed E-state index contributed by atoms with van der Waals surface area (Å²) in [5.74, 6) is 0. The van der Waals surface area contributed by atoms with Gasteiger partial charge in [-0.1, -0.05) is 0 Å². The van der Waals surface area contributed by atoms with Crippen LogP contribution in [0, 0.1) is 22.5 Å². The average Bonchev–Trinajstić information content (AvgIpc) is 3.08. The van der Waals surface area contributed by atoms with Gasteiger partial charge in [-0.25, -0.2) is 0 Å². The third-order valence-electron chi connectivity index (χ3n) is 3.37. The second-order valence-electron chi connectivity index (χ2n) is 4.77. The molecule has 5 heteroatoms. The predicted octanol–water partition coefficient (Wildman–Crippen LogP) is 2.09. The number of aliphatic hydroxyl groups excluding tert-OH is 1. The molecule has 2 rings (SSSR count). The largest absolute Gasteiger partial charge is 0.396 e. The molecule has 0 heterocycles. The van der Waals surface area contributed by atoms with E-state index in [-0.39, 0.29) is 17.7 Å². The van der Waals surface area contributed by atoms with Crippen molar-refractivity contribution in [3.05, 3.63) is 33.9 Å². The summed E-state index contributed by atoms with van der Waals surface area (Å²) in [5.41, 5.74) is 1.90. The Kier molecular flexibility index (Phi) is 3.02. The molecular formula is C12H16N2O3. The standard InChI is InChI=1S/C12H16N2O3/c1-9-6-10(14(16)17)2-3-11(9)13-7-12(8-15)4-5-12/h2-3,6,13,15H,4-5,7-8H2,1H3. The van der Waals surface area contributed by atoms with E-state index in [4.69, 9.17) is 0 Å². The lowest BCUT2D eigenvalue weighted by Gasteiger charge is -2.15. The van der Waals surface area contributed by atoms with Crippen LogP contribution in [0.5, 0.6) is 0 Å². The molecule has 0 saturated heterocycles. The molecule has 1 aliphatic carbocycles. The maximum absolute atomic E-state index is 10.6. The van der Waals surface area contributed by atoms with Crippen LogP contribution in [0.4, 0.5) is 11.4 Å². The van der Waals surface area contributed by atoms with Crippen LogP contribution in [0.1, 0.15) is 18.4 Å². The molecule has 1 aliphatic rings. The first-order chi connectivity index (χ1) is 8.06. The third kappa shape index (κ3) is 2.55. The highest BCUT2D eigenvalue weighted by molar-refractivity contribution is 5.55. The zero-order valence-electron chi connectivity index (χ0n) is 9.77. The number of nitrogens with zero attached hydrogens (tertiary/aromatic N) is 1. The number of hydrogen-bond donors (Lipinski definition) is 2. The molecule has 17 heavy (non-hydrogen) atoms. The minimum absolute atomic E-state index is 0.0359. The smallest absolute Gasteiger partial charge is 0.269 e. The molecule has 0 spiro atoms. The minimum Gasteiger partial charge on any atom is -0.396 e. The van der Waals surface area contributed by atoms with Gasteiger partial charge in [0, 0.05) is 29.8 Å². The van der Waals surface area contributed by atoms with Gasteiger partial charge in [-0.2, -0.15) is 0 Å². The molecule has 0 atom stereocenters. The second kappa shape index (κ2) is 4.33. The fourth-order valence-electron chi connectivity index (χ4n) is 1.81. The lowest BCUT2D eigenvalue weighted by Crippen LogP contribution is -2.19. The van der Waals surface area contributed by atoms with Gasteiger partial charge in [0.05, 0.1) is 11.5 Å². The number of aliphatic hydroxyl groups is 1. The van der Waals surface area contributed by atoms with Gasteiger partial charge in [-0.15, -0.1) is 0 Å². The summed E-state index contributed by atoms with van der Waals surface area (Å²) in [5, 5.41) is 23.0. The number of benzene rings is 1. The molecular weight excluding hydrogens is 220 g/mol. The predicted molar refractivity (Wildman–Crippen MR) is 65.1 cm³/mol. The Morgan fingerprint density at radius 2 is 2.24 bits per heavy atom. The van der Waals surface area contributed by atoms with Crippen molar-refractivity contribution in [1.82, 2.24) is 0 Å². The van der Waals surface area contributed by atoms with Crippen LogP contribution in [0.3, 0.4) is 0 Å². The highest BCUT2D eigenvalue weighted by atomic mass is 16.6. The Labute approximate surface area is 99.6 Å².